The second-order valence-electron chi connectivity index (χ2n) is 5.28. The van der Waals surface area contributed by atoms with E-state index in [1.165, 1.54) is 44.3 Å². The van der Waals surface area contributed by atoms with Crippen LogP contribution in [0.3, 0.4) is 0 Å². The zero-order valence-corrected chi connectivity index (χ0v) is 14.5. The maximum absolute atomic E-state index is 12.3. The Morgan fingerprint density at radius 3 is 2.28 bits per heavy atom. The SMILES string of the molecule is CC(=O)Nc1ccc(S(=O)(=O)NC(C)C(=O)Nc2cccnc2)cc1. The lowest BCUT2D eigenvalue weighted by Gasteiger charge is -2.14. The molecule has 0 aliphatic rings. The van der Waals surface area contributed by atoms with Crippen molar-refractivity contribution in [3.05, 3.63) is 48.8 Å². The molecule has 9 heteroatoms. The third-order valence-corrected chi connectivity index (χ3v) is 4.70. The normalized spacial score (nSPS) is 12.2. The molecule has 2 aromatic rings. The van der Waals surface area contributed by atoms with Crippen LogP contribution in [0.15, 0.2) is 53.7 Å². The summed E-state index contributed by atoms with van der Waals surface area (Å²) in [5.74, 6) is -0.763. The first kappa shape index (κ1) is 18.6. The van der Waals surface area contributed by atoms with Crippen LogP contribution < -0.4 is 15.4 Å². The number of carbonyl (C=O) groups is 2. The van der Waals surface area contributed by atoms with Crippen LogP contribution in [0, 0.1) is 0 Å². The summed E-state index contributed by atoms with van der Waals surface area (Å²) < 4.78 is 27.0. The minimum Gasteiger partial charge on any atom is -0.326 e. The van der Waals surface area contributed by atoms with Crippen molar-refractivity contribution in [1.29, 1.82) is 0 Å². The van der Waals surface area contributed by atoms with Gasteiger partial charge in [0.05, 0.1) is 22.8 Å². The van der Waals surface area contributed by atoms with Crippen molar-refractivity contribution in [1.82, 2.24) is 9.71 Å². The van der Waals surface area contributed by atoms with Crippen molar-refractivity contribution < 1.29 is 18.0 Å². The first-order valence-electron chi connectivity index (χ1n) is 7.39. The van der Waals surface area contributed by atoms with E-state index < -0.39 is 22.0 Å². The molecule has 3 N–H and O–H groups in total. The van der Waals surface area contributed by atoms with Gasteiger partial charge in [0.15, 0.2) is 0 Å². The maximum atomic E-state index is 12.3. The van der Waals surface area contributed by atoms with E-state index >= 15 is 0 Å². The average Bonchev–Trinajstić information content (AvgIpc) is 2.55. The summed E-state index contributed by atoms with van der Waals surface area (Å²) in [7, 11) is -3.88. The Balaban J connectivity index is 2.04. The molecule has 1 aromatic heterocycles. The summed E-state index contributed by atoms with van der Waals surface area (Å²) in [6.07, 6.45) is 3.02. The monoisotopic (exact) mass is 362 g/mol. The van der Waals surface area contributed by atoms with Gasteiger partial charge in [0.25, 0.3) is 0 Å². The third kappa shape index (κ3) is 5.37. The maximum Gasteiger partial charge on any atom is 0.242 e. The molecule has 0 saturated heterocycles. The van der Waals surface area contributed by atoms with Gasteiger partial charge in [-0.15, -0.1) is 0 Å². The number of hydrogen-bond donors (Lipinski definition) is 3. The van der Waals surface area contributed by atoms with Crippen molar-refractivity contribution in [2.24, 2.45) is 0 Å². The Hall–Kier alpha value is -2.78. The highest BCUT2D eigenvalue weighted by Crippen LogP contribution is 2.14. The highest BCUT2D eigenvalue weighted by Gasteiger charge is 2.22. The van der Waals surface area contributed by atoms with E-state index in [2.05, 4.69) is 20.3 Å². The molecule has 1 unspecified atom stereocenters. The minimum absolute atomic E-state index is 0.0115. The summed E-state index contributed by atoms with van der Waals surface area (Å²) in [5.41, 5.74) is 0.951. The highest BCUT2D eigenvalue weighted by atomic mass is 32.2. The lowest BCUT2D eigenvalue weighted by Crippen LogP contribution is -2.41. The molecule has 0 aliphatic heterocycles. The average molecular weight is 362 g/mol. The van der Waals surface area contributed by atoms with Crippen LogP contribution in [0.2, 0.25) is 0 Å². The van der Waals surface area contributed by atoms with Crippen LogP contribution in [0.4, 0.5) is 11.4 Å². The lowest BCUT2D eigenvalue weighted by molar-refractivity contribution is -0.117. The van der Waals surface area contributed by atoms with E-state index in [1.807, 2.05) is 0 Å². The molecular formula is C16H18N4O4S. The predicted octanol–water partition coefficient (Wildman–Crippen LogP) is 1.35. The number of amides is 2. The number of hydrogen-bond acceptors (Lipinski definition) is 5. The molecule has 0 radical (unpaired) electrons. The topological polar surface area (TPSA) is 117 Å². The van der Waals surface area contributed by atoms with E-state index in [0.717, 1.165) is 0 Å². The van der Waals surface area contributed by atoms with Crippen molar-refractivity contribution in [2.75, 3.05) is 10.6 Å². The molecular weight excluding hydrogens is 344 g/mol. The molecule has 132 valence electrons. The number of nitrogens with zero attached hydrogens (tertiary/aromatic N) is 1. The van der Waals surface area contributed by atoms with Crippen LogP contribution in [0.1, 0.15) is 13.8 Å². The van der Waals surface area contributed by atoms with Gasteiger partial charge in [0.2, 0.25) is 21.8 Å². The van der Waals surface area contributed by atoms with Gasteiger partial charge in [0, 0.05) is 18.8 Å². The van der Waals surface area contributed by atoms with Gasteiger partial charge in [-0.25, -0.2) is 8.42 Å². The van der Waals surface area contributed by atoms with E-state index in [1.54, 1.807) is 18.3 Å². The summed E-state index contributed by atoms with van der Waals surface area (Å²) in [6.45, 7) is 2.80. The van der Waals surface area contributed by atoms with E-state index in [4.69, 9.17) is 0 Å². The van der Waals surface area contributed by atoms with E-state index in [9.17, 15) is 18.0 Å². The summed E-state index contributed by atoms with van der Waals surface area (Å²) in [4.78, 5) is 26.9. The number of benzene rings is 1. The molecule has 25 heavy (non-hydrogen) atoms. The second kappa shape index (κ2) is 7.86. The Kier molecular flexibility index (Phi) is 5.84. The van der Waals surface area contributed by atoms with E-state index in [-0.39, 0.29) is 10.8 Å². The number of rotatable bonds is 6. The molecule has 0 aliphatic carbocycles. The van der Waals surface area contributed by atoms with Gasteiger partial charge in [0.1, 0.15) is 0 Å². The highest BCUT2D eigenvalue weighted by molar-refractivity contribution is 7.89. The van der Waals surface area contributed by atoms with Crippen molar-refractivity contribution >= 4 is 33.2 Å². The summed E-state index contributed by atoms with van der Waals surface area (Å²) in [5, 5.41) is 5.12. The number of nitrogens with one attached hydrogen (secondary N) is 3. The molecule has 0 fully saturated rings. The Labute approximate surface area is 145 Å². The molecule has 2 amide bonds. The van der Waals surface area contributed by atoms with Gasteiger partial charge in [-0.2, -0.15) is 4.72 Å². The Morgan fingerprint density at radius 2 is 1.72 bits per heavy atom. The number of anilines is 2. The zero-order valence-electron chi connectivity index (χ0n) is 13.7. The van der Waals surface area contributed by atoms with E-state index in [0.29, 0.717) is 11.4 Å². The largest absolute Gasteiger partial charge is 0.326 e. The third-order valence-electron chi connectivity index (χ3n) is 3.14. The number of aromatic nitrogens is 1. The lowest BCUT2D eigenvalue weighted by atomic mass is 10.3. The standard InChI is InChI=1S/C16H18N4O4S/c1-11(16(22)19-14-4-3-9-17-10-14)20-25(23,24)15-7-5-13(6-8-15)18-12(2)21/h3-11,20H,1-2H3,(H,18,21)(H,19,22). The van der Waals surface area contributed by atoms with Gasteiger partial charge < -0.3 is 10.6 Å². The summed E-state index contributed by atoms with van der Waals surface area (Å²) >= 11 is 0. The predicted molar refractivity (Wildman–Crippen MR) is 93.4 cm³/mol. The molecule has 2 rings (SSSR count). The number of sulfonamides is 1. The quantitative estimate of drug-likeness (QED) is 0.717. The molecule has 0 spiro atoms. The first-order chi connectivity index (χ1) is 11.8. The zero-order chi connectivity index (χ0) is 18.4. The van der Waals surface area contributed by atoms with Gasteiger partial charge in [-0.1, -0.05) is 0 Å². The van der Waals surface area contributed by atoms with Crippen LogP contribution in [-0.2, 0) is 19.6 Å². The summed E-state index contributed by atoms with van der Waals surface area (Å²) in [6, 6.07) is 7.94. The minimum atomic E-state index is -3.88. The van der Waals surface area contributed by atoms with Crippen molar-refractivity contribution in [3.8, 4) is 0 Å². The van der Waals surface area contributed by atoms with Crippen molar-refractivity contribution in [2.45, 2.75) is 24.8 Å². The van der Waals surface area contributed by atoms with Gasteiger partial charge in [-0.3, -0.25) is 14.6 Å². The van der Waals surface area contributed by atoms with Gasteiger partial charge >= 0.3 is 0 Å². The van der Waals surface area contributed by atoms with Crippen LogP contribution in [0.25, 0.3) is 0 Å². The first-order valence-corrected chi connectivity index (χ1v) is 8.87. The second-order valence-corrected chi connectivity index (χ2v) is 6.99. The molecule has 8 nitrogen and oxygen atoms in total. The Morgan fingerprint density at radius 1 is 1.04 bits per heavy atom. The fourth-order valence-electron chi connectivity index (χ4n) is 1.96. The van der Waals surface area contributed by atoms with Gasteiger partial charge in [-0.05, 0) is 43.3 Å². The smallest absolute Gasteiger partial charge is 0.242 e. The molecule has 1 heterocycles. The fourth-order valence-corrected chi connectivity index (χ4v) is 3.17. The molecule has 1 atom stereocenters. The van der Waals surface area contributed by atoms with Crippen LogP contribution in [-0.4, -0.2) is 31.3 Å². The van der Waals surface area contributed by atoms with Crippen LogP contribution in [0.5, 0.6) is 0 Å². The molecule has 0 saturated carbocycles. The fraction of sp³-hybridized carbons (Fsp3) is 0.188. The number of pyridine rings is 1. The van der Waals surface area contributed by atoms with Crippen LogP contribution >= 0.6 is 0 Å². The Bertz CT molecular complexity index is 851. The number of carbonyl (C=O) groups excluding carboxylic acids is 2. The van der Waals surface area contributed by atoms with Crippen molar-refractivity contribution in [3.63, 3.8) is 0 Å². The molecule has 1 aromatic carbocycles. The molecule has 0 bridgehead atoms.